The maximum absolute atomic E-state index is 13.4. The summed E-state index contributed by atoms with van der Waals surface area (Å²) in [6.45, 7) is 7.33. The van der Waals surface area contributed by atoms with Crippen LogP contribution < -0.4 is 4.74 Å². The number of pyridine rings is 1. The average molecular weight is 657 g/mol. The van der Waals surface area contributed by atoms with Gasteiger partial charge in [-0.1, -0.05) is 32.4 Å². The van der Waals surface area contributed by atoms with Crippen molar-refractivity contribution in [1.82, 2.24) is 9.88 Å². The molecule has 212 valence electrons. The SMILES string of the molecule is CCCN1C(=O)[C@@H]2[C@@H](CC(C(C)C)=C3[C@@H](CC/C(=C/c4cc(I)c(O)c(OC)c4)c4ccccn4)OC[C@@H]32)C1=O. The minimum atomic E-state index is -0.307. The van der Waals surface area contributed by atoms with E-state index >= 15 is 0 Å². The molecule has 1 aliphatic carbocycles. The maximum Gasteiger partial charge on any atom is 0.233 e. The van der Waals surface area contributed by atoms with Crippen LogP contribution in [0.2, 0.25) is 0 Å². The van der Waals surface area contributed by atoms with Gasteiger partial charge in [0.25, 0.3) is 0 Å². The van der Waals surface area contributed by atoms with Crippen molar-refractivity contribution < 1.29 is 24.2 Å². The van der Waals surface area contributed by atoms with Crippen LogP contribution in [0.4, 0.5) is 0 Å². The average Bonchev–Trinajstić information content (AvgIpc) is 3.47. The zero-order chi connectivity index (χ0) is 28.6. The number of imide groups is 1. The van der Waals surface area contributed by atoms with E-state index in [-0.39, 0.29) is 47.3 Å². The molecule has 0 saturated carbocycles. The fourth-order valence-electron chi connectivity index (χ4n) is 6.62. The predicted octanol–water partition coefficient (Wildman–Crippen LogP) is 6.10. The number of allylic oxidation sites excluding steroid dienone is 2. The largest absolute Gasteiger partial charge is 0.504 e. The van der Waals surface area contributed by atoms with Crippen LogP contribution in [0.3, 0.4) is 0 Å². The number of amides is 2. The van der Waals surface area contributed by atoms with E-state index in [0.717, 1.165) is 29.7 Å². The molecular formula is C32H37IN2O5. The lowest BCUT2D eigenvalue weighted by Gasteiger charge is -2.33. The fourth-order valence-corrected chi connectivity index (χ4v) is 7.24. The van der Waals surface area contributed by atoms with Crippen molar-refractivity contribution in [2.45, 2.75) is 52.6 Å². The van der Waals surface area contributed by atoms with Gasteiger partial charge in [0.1, 0.15) is 0 Å². The molecular weight excluding hydrogens is 619 g/mol. The number of fused-ring (bicyclic) bond motifs is 3. The van der Waals surface area contributed by atoms with Gasteiger partial charge in [0.15, 0.2) is 11.5 Å². The molecule has 4 atom stereocenters. The van der Waals surface area contributed by atoms with Crippen LogP contribution in [0.25, 0.3) is 11.6 Å². The number of halogens is 1. The molecule has 0 bridgehead atoms. The van der Waals surface area contributed by atoms with Gasteiger partial charge in [-0.3, -0.25) is 19.5 Å². The highest BCUT2D eigenvalue weighted by molar-refractivity contribution is 14.1. The Morgan fingerprint density at radius 2 is 2.05 bits per heavy atom. The molecule has 2 fully saturated rings. The second kappa shape index (κ2) is 12.0. The molecule has 1 N–H and O–H groups in total. The highest BCUT2D eigenvalue weighted by Crippen LogP contribution is 2.51. The summed E-state index contributed by atoms with van der Waals surface area (Å²) in [5.74, 6) is 0.214. The Balaban J connectivity index is 1.45. The third kappa shape index (κ3) is 5.32. The van der Waals surface area contributed by atoms with Crippen LogP contribution in [0.15, 0.2) is 47.7 Å². The molecule has 3 heterocycles. The number of carbonyl (C=O) groups is 2. The monoisotopic (exact) mass is 656 g/mol. The first-order valence-electron chi connectivity index (χ1n) is 14.1. The van der Waals surface area contributed by atoms with Crippen LogP contribution in [0.1, 0.15) is 57.7 Å². The molecule has 2 aliphatic heterocycles. The Hall–Kier alpha value is -2.72. The lowest BCUT2D eigenvalue weighted by molar-refractivity contribution is -0.140. The number of carbonyl (C=O) groups excluding carboxylic acids is 2. The quantitative estimate of drug-likeness (QED) is 0.199. The van der Waals surface area contributed by atoms with E-state index < -0.39 is 0 Å². The number of aromatic hydroxyl groups is 1. The van der Waals surface area contributed by atoms with E-state index in [0.29, 0.717) is 35.3 Å². The first kappa shape index (κ1) is 28.8. The van der Waals surface area contributed by atoms with Gasteiger partial charge in [-0.2, -0.15) is 0 Å². The minimum absolute atomic E-state index is 0.00294. The predicted molar refractivity (Wildman–Crippen MR) is 162 cm³/mol. The highest BCUT2D eigenvalue weighted by atomic mass is 127. The van der Waals surface area contributed by atoms with Crippen molar-refractivity contribution in [3.63, 3.8) is 0 Å². The van der Waals surface area contributed by atoms with Gasteiger partial charge < -0.3 is 14.6 Å². The number of likely N-dealkylation sites (tertiary alicyclic amines) is 1. The number of benzene rings is 1. The Bertz CT molecular complexity index is 1350. The molecule has 2 saturated heterocycles. The molecule has 1 aromatic carbocycles. The third-order valence-corrected chi connectivity index (χ3v) is 9.28. The molecule has 7 nitrogen and oxygen atoms in total. The summed E-state index contributed by atoms with van der Waals surface area (Å²) in [6, 6.07) is 9.63. The molecule has 40 heavy (non-hydrogen) atoms. The Labute approximate surface area is 249 Å². The number of ether oxygens (including phenoxy) is 2. The number of aromatic nitrogens is 1. The zero-order valence-corrected chi connectivity index (χ0v) is 25.7. The van der Waals surface area contributed by atoms with Crippen LogP contribution in [0, 0.1) is 27.2 Å². The van der Waals surface area contributed by atoms with E-state index in [2.05, 4.69) is 47.5 Å². The second-order valence-corrected chi connectivity index (χ2v) is 12.4. The normalized spacial score (nSPS) is 24.6. The lowest BCUT2D eigenvalue weighted by Crippen LogP contribution is -2.35. The summed E-state index contributed by atoms with van der Waals surface area (Å²) in [6.07, 6.45) is 6.65. The van der Waals surface area contributed by atoms with Crippen molar-refractivity contribution in [2.24, 2.45) is 23.7 Å². The molecule has 8 heteroatoms. The number of methoxy groups -OCH3 is 1. The highest BCUT2D eigenvalue weighted by Gasteiger charge is 2.56. The Kier molecular flexibility index (Phi) is 8.66. The van der Waals surface area contributed by atoms with Crippen molar-refractivity contribution in [3.05, 3.63) is 62.5 Å². The Morgan fingerprint density at radius 1 is 1.25 bits per heavy atom. The standard InChI is InChI=1S/C32H37IN2O5/c1-5-12-35-31(37)22-16-21(18(2)3)28-23(29(22)32(35)38)17-40-26(28)10-9-20(25-8-6-7-11-34-25)13-19-14-24(33)30(36)27(15-19)39-4/h6-8,11,13-15,18,22-23,26,29,36H,5,9-10,12,16-17H2,1-4H3/b20-13-/t22-,23+,26-,29-/m1/s1. The van der Waals surface area contributed by atoms with Crippen molar-refractivity contribution in [1.29, 1.82) is 0 Å². The van der Waals surface area contributed by atoms with Crippen LogP contribution in [-0.2, 0) is 14.3 Å². The first-order valence-corrected chi connectivity index (χ1v) is 15.2. The molecule has 0 spiro atoms. The number of phenolic OH excluding ortho intramolecular Hbond substituents is 1. The summed E-state index contributed by atoms with van der Waals surface area (Å²) in [5, 5.41) is 10.3. The van der Waals surface area contributed by atoms with Gasteiger partial charge in [-0.25, -0.2) is 0 Å². The van der Waals surface area contributed by atoms with E-state index in [1.165, 1.54) is 16.0 Å². The van der Waals surface area contributed by atoms with Crippen molar-refractivity contribution in [2.75, 3.05) is 20.3 Å². The smallest absolute Gasteiger partial charge is 0.233 e. The number of hydrogen-bond acceptors (Lipinski definition) is 6. The molecule has 2 aromatic rings. The van der Waals surface area contributed by atoms with Crippen molar-refractivity contribution in [3.8, 4) is 11.5 Å². The van der Waals surface area contributed by atoms with E-state index in [4.69, 9.17) is 9.47 Å². The van der Waals surface area contributed by atoms with Gasteiger partial charge in [0.2, 0.25) is 11.8 Å². The van der Waals surface area contributed by atoms with E-state index in [1.54, 1.807) is 13.3 Å². The topological polar surface area (TPSA) is 89.0 Å². The number of rotatable bonds is 9. The number of nitrogens with zero attached hydrogens (tertiary/aromatic N) is 2. The van der Waals surface area contributed by atoms with E-state index in [9.17, 15) is 14.7 Å². The van der Waals surface area contributed by atoms with Crippen molar-refractivity contribution >= 4 is 46.1 Å². The van der Waals surface area contributed by atoms with Gasteiger partial charge >= 0.3 is 0 Å². The summed E-state index contributed by atoms with van der Waals surface area (Å²) in [4.78, 5) is 32.7. The second-order valence-electron chi connectivity index (χ2n) is 11.2. The molecule has 0 radical (unpaired) electrons. The van der Waals surface area contributed by atoms with Crippen LogP contribution in [0.5, 0.6) is 11.5 Å². The third-order valence-electron chi connectivity index (χ3n) is 8.46. The molecule has 5 rings (SSSR count). The first-order chi connectivity index (χ1) is 19.2. The number of phenols is 1. The summed E-state index contributed by atoms with van der Waals surface area (Å²) in [5.41, 5.74) is 5.38. The van der Waals surface area contributed by atoms with Gasteiger partial charge in [-0.05, 0) is 101 Å². The molecule has 1 aromatic heterocycles. The van der Waals surface area contributed by atoms with Gasteiger partial charge in [0.05, 0.1) is 40.9 Å². The van der Waals surface area contributed by atoms with E-state index in [1.807, 2.05) is 37.3 Å². The molecule has 0 unspecified atom stereocenters. The number of hydrogen-bond donors (Lipinski definition) is 1. The van der Waals surface area contributed by atoms with Crippen LogP contribution >= 0.6 is 22.6 Å². The van der Waals surface area contributed by atoms with Gasteiger partial charge in [-0.15, -0.1) is 0 Å². The zero-order valence-electron chi connectivity index (χ0n) is 23.5. The molecule has 2 amide bonds. The van der Waals surface area contributed by atoms with Crippen LogP contribution in [-0.4, -0.2) is 53.2 Å². The van der Waals surface area contributed by atoms with Gasteiger partial charge in [0, 0.05) is 18.7 Å². The minimum Gasteiger partial charge on any atom is -0.504 e. The summed E-state index contributed by atoms with van der Waals surface area (Å²) in [7, 11) is 1.55. The summed E-state index contributed by atoms with van der Waals surface area (Å²) >= 11 is 2.11. The maximum atomic E-state index is 13.4. The summed E-state index contributed by atoms with van der Waals surface area (Å²) < 4.78 is 12.5. The fraction of sp³-hybridized carbons (Fsp3) is 0.469. The lowest BCUT2D eigenvalue weighted by atomic mass is 9.67. The Morgan fingerprint density at radius 3 is 2.73 bits per heavy atom. The molecule has 3 aliphatic rings.